The SMILES string of the molecule is N#C[C@@H]1CC(F)(F)CN1C(=O)CNC(=O)c1ccnc2ccc(/C=C/c3ccc(CC4CCNCC4)nc3)cc12. The number of pyridine rings is 2. The van der Waals surface area contributed by atoms with E-state index in [0.29, 0.717) is 22.4 Å². The van der Waals surface area contributed by atoms with Crippen molar-refractivity contribution in [3.05, 3.63) is 71.2 Å². The van der Waals surface area contributed by atoms with Crippen LogP contribution in [0.15, 0.2) is 48.8 Å². The van der Waals surface area contributed by atoms with Crippen molar-refractivity contribution in [1.82, 2.24) is 25.5 Å². The first-order valence-corrected chi connectivity index (χ1v) is 13.4. The molecule has 2 amide bonds. The lowest BCUT2D eigenvalue weighted by Gasteiger charge is -2.22. The standard InChI is InChI=1S/C30H30F2N6O2/c31-30(32)15-24(16-33)38(19-30)28(39)18-37-29(40)25-9-12-35-27-6-4-20(14-26(25)27)1-2-22-3-5-23(36-17-22)13-21-7-10-34-11-8-21/h1-6,9,12,14,17,21,24,34H,7-8,10-11,13,15,18-19H2,(H,37,40)/b2-1+/t24-/m0/s1. The Hall–Kier alpha value is -4.23. The highest BCUT2D eigenvalue weighted by Gasteiger charge is 2.47. The summed E-state index contributed by atoms with van der Waals surface area (Å²) in [7, 11) is 0. The monoisotopic (exact) mass is 544 g/mol. The van der Waals surface area contributed by atoms with Gasteiger partial charge in [-0.25, -0.2) is 8.78 Å². The molecule has 0 unspecified atom stereocenters. The van der Waals surface area contributed by atoms with E-state index in [1.165, 1.54) is 19.0 Å². The van der Waals surface area contributed by atoms with Crippen LogP contribution in [0.3, 0.4) is 0 Å². The number of halogens is 2. The predicted molar refractivity (Wildman–Crippen MR) is 147 cm³/mol. The number of likely N-dealkylation sites (tertiary alicyclic amines) is 1. The van der Waals surface area contributed by atoms with Crippen molar-refractivity contribution in [2.75, 3.05) is 26.2 Å². The lowest BCUT2D eigenvalue weighted by molar-refractivity contribution is -0.131. The number of fused-ring (bicyclic) bond motifs is 1. The summed E-state index contributed by atoms with van der Waals surface area (Å²) in [5.74, 6) is -3.70. The normalized spacial score (nSPS) is 19.1. The third kappa shape index (κ3) is 6.49. The summed E-state index contributed by atoms with van der Waals surface area (Å²) in [6.07, 6.45) is 9.88. The first kappa shape index (κ1) is 27.3. The predicted octanol–water partition coefficient (Wildman–Crippen LogP) is 3.83. The van der Waals surface area contributed by atoms with E-state index < -0.39 is 43.3 Å². The molecule has 0 spiro atoms. The molecule has 2 aliphatic rings. The van der Waals surface area contributed by atoms with Gasteiger partial charge in [0.25, 0.3) is 11.8 Å². The van der Waals surface area contributed by atoms with Gasteiger partial charge in [-0.15, -0.1) is 0 Å². The van der Waals surface area contributed by atoms with Crippen molar-refractivity contribution in [2.24, 2.45) is 5.92 Å². The second-order valence-electron chi connectivity index (χ2n) is 10.4. The Bertz CT molecular complexity index is 1460. The van der Waals surface area contributed by atoms with E-state index in [2.05, 4.69) is 26.7 Å². The quantitative estimate of drug-likeness (QED) is 0.468. The number of nitriles is 1. The van der Waals surface area contributed by atoms with E-state index in [1.54, 1.807) is 18.2 Å². The lowest BCUT2D eigenvalue weighted by Crippen LogP contribution is -2.43. The second-order valence-corrected chi connectivity index (χ2v) is 10.4. The summed E-state index contributed by atoms with van der Waals surface area (Å²) >= 11 is 0. The highest BCUT2D eigenvalue weighted by Crippen LogP contribution is 2.31. The van der Waals surface area contributed by atoms with Crippen LogP contribution in [0.1, 0.15) is 46.4 Å². The van der Waals surface area contributed by atoms with E-state index in [1.807, 2.05) is 36.5 Å². The molecule has 2 aromatic heterocycles. The summed E-state index contributed by atoms with van der Waals surface area (Å²) in [5, 5.41) is 15.6. The number of benzene rings is 1. The lowest BCUT2D eigenvalue weighted by atomic mass is 9.93. The van der Waals surface area contributed by atoms with Crippen LogP contribution in [0.2, 0.25) is 0 Å². The van der Waals surface area contributed by atoms with Gasteiger partial charge in [-0.05, 0) is 73.7 Å². The number of nitrogens with one attached hydrogen (secondary N) is 2. The van der Waals surface area contributed by atoms with Crippen LogP contribution in [0.25, 0.3) is 23.1 Å². The molecule has 2 saturated heterocycles. The molecule has 0 bridgehead atoms. The van der Waals surface area contributed by atoms with Gasteiger partial charge >= 0.3 is 0 Å². The molecule has 2 aliphatic heterocycles. The Balaban J connectivity index is 1.25. The van der Waals surface area contributed by atoms with Crippen molar-refractivity contribution in [3.8, 4) is 6.07 Å². The molecule has 5 rings (SSSR count). The molecular weight excluding hydrogens is 514 g/mol. The largest absolute Gasteiger partial charge is 0.343 e. The van der Waals surface area contributed by atoms with Crippen LogP contribution in [-0.2, 0) is 11.2 Å². The number of amides is 2. The zero-order chi connectivity index (χ0) is 28.1. The fourth-order valence-electron chi connectivity index (χ4n) is 5.24. The molecular formula is C30H30F2N6O2. The number of hydrogen-bond acceptors (Lipinski definition) is 6. The van der Waals surface area contributed by atoms with Gasteiger partial charge in [-0.1, -0.05) is 24.3 Å². The van der Waals surface area contributed by atoms with Gasteiger partial charge in [0, 0.05) is 29.9 Å². The fourth-order valence-corrected chi connectivity index (χ4v) is 5.24. The number of alkyl halides is 2. The van der Waals surface area contributed by atoms with Crippen LogP contribution < -0.4 is 10.6 Å². The molecule has 8 nitrogen and oxygen atoms in total. The summed E-state index contributed by atoms with van der Waals surface area (Å²) in [6, 6.07) is 11.7. The third-order valence-corrected chi connectivity index (χ3v) is 7.42. The van der Waals surface area contributed by atoms with Gasteiger partial charge in [-0.3, -0.25) is 19.6 Å². The number of piperidine rings is 1. The van der Waals surface area contributed by atoms with Crippen LogP contribution in [0, 0.1) is 17.2 Å². The van der Waals surface area contributed by atoms with Crippen LogP contribution >= 0.6 is 0 Å². The number of nitrogens with zero attached hydrogens (tertiary/aromatic N) is 4. The number of carbonyl (C=O) groups is 2. The molecule has 40 heavy (non-hydrogen) atoms. The van der Waals surface area contributed by atoms with Gasteiger partial charge in [0.1, 0.15) is 6.04 Å². The molecule has 0 aliphatic carbocycles. The summed E-state index contributed by atoms with van der Waals surface area (Å²) in [6.45, 7) is 0.815. The number of carbonyl (C=O) groups excluding carboxylic acids is 2. The molecule has 10 heteroatoms. The molecule has 1 atom stereocenters. The third-order valence-electron chi connectivity index (χ3n) is 7.42. The Morgan fingerprint density at radius 1 is 1.12 bits per heavy atom. The Morgan fingerprint density at radius 3 is 2.65 bits per heavy atom. The topological polar surface area (TPSA) is 111 Å². The summed E-state index contributed by atoms with van der Waals surface area (Å²) in [4.78, 5) is 35.2. The zero-order valence-corrected chi connectivity index (χ0v) is 21.9. The summed E-state index contributed by atoms with van der Waals surface area (Å²) < 4.78 is 27.4. The molecule has 3 aromatic rings. The maximum absolute atomic E-state index is 13.7. The van der Waals surface area contributed by atoms with Gasteiger partial charge in [0.15, 0.2) is 0 Å². The van der Waals surface area contributed by atoms with Crippen LogP contribution in [0.4, 0.5) is 8.78 Å². The van der Waals surface area contributed by atoms with Crippen molar-refractivity contribution in [3.63, 3.8) is 0 Å². The average molecular weight is 545 g/mol. The van der Waals surface area contributed by atoms with E-state index in [-0.39, 0.29) is 0 Å². The number of aromatic nitrogens is 2. The highest BCUT2D eigenvalue weighted by atomic mass is 19.3. The van der Waals surface area contributed by atoms with Gasteiger partial charge in [0.05, 0.1) is 30.2 Å². The van der Waals surface area contributed by atoms with Crippen LogP contribution in [-0.4, -0.2) is 64.8 Å². The van der Waals surface area contributed by atoms with E-state index >= 15 is 0 Å². The minimum Gasteiger partial charge on any atom is -0.343 e. The Labute approximate surface area is 231 Å². The van der Waals surface area contributed by atoms with E-state index in [0.717, 1.165) is 41.2 Å². The number of hydrogen-bond donors (Lipinski definition) is 2. The minimum absolute atomic E-state index is 0.306. The maximum atomic E-state index is 13.7. The van der Waals surface area contributed by atoms with Crippen LogP contribution in [0.5, 0.6) is 0 Å². The smallest absolute Gasteiger partial charge is 0.268 e. The van der Waals surface area contributed by atoms with Gasteiger partial charge in [0.2, 0.25) is 5.91 Å². The van der Waals surface area contributed by atoms with Crippen molar-refractivity contribution in [1.29, 1.82) is 5.26 Å². The first-order valence-electron chi connectivity index (χ1n) is 13.4. The highest BCUT2D eigenvalue weighted by molar-refractivity contribution is 6.07. The first-order chi connectivity index (χ1) is 19.3. The van der Waals surface area contributed by atoms with Crippen molar-refractivity contribution in [2.45, 2.75) is 37.6 Å². The molecule has 0 saturated carbocycles. The minimum atomic E-state index is -3.11. The molecule has 2 N–H and O–H groups in total. The Morgan fingerprint density at radius 2 is 1.90 bits per heavy atom. The molecule has 4 heterocycles. The van der Waals surface area contributed by atoms with Crippen molar-refractivity contribution >= 4 is 34.9 Å². The maximum Gasteiger partial charge on any atom is 0.268 e. The number of rotatable bonds is 7. The summed E-state index contributed by atoms with van der Waals surface area (Å²) in [5.41, 5.74) is 3.81. The van der Waals surface area contributed by atoms with E-state index in [9.17, 15) is 18.4 Å². The second kappa shape index (κ2) is 11.9. The van der Waals surface area contributed by atoms with Gasteiger partial charge < -0.3 is 15.5 Å². The molecule has 206 valence electrons. The Kier molecular flexibility index (Phi) is 8.12. The molecule has 1 aromatic carbocycles. The van der Waals surface area contributed by atoms with Gasteiger partial charge in [-0.2, -0.15) is 5.26 Å². The van der Waals surface area contributed by atoms with E-state index in [4.69, 9.17) is 5.26 Å². The fraction of sp³-hybridized carbons (Fsp3) is 0.367. The molecule has 0 radical (unpaired) electrons. The zero-order valence-electron chi connectivity index (χ0n) is 21.9. The van der Waals surface area contributed by atoms with Crippen molar-refractivity contribution < 1.29 is 18.4 Å². The average Bonchev–Trinajstić information content (AvgIpc) is 3.30. The molecule has 2 fully saturated rings.